The van der Waals surface area contributed by atoms with Crippen LogP contribution >= 0.6 is 0 Å². The molecule has 1 heterocycles. The number of amides is 1. The van der Waals surface area contributed by atoms with E-state index in [1.165, 1.54) is 25.9 Å². The molecule has 2 fully saturated rings. The number of aliphatic carboxylic acids is 1. The largest absolute Gasteiger partial charge is 0.481 e. The molecule has 0 aromatic rings. The fourth-order valence-corrected chi connectivity index (χ4v) is 3.62. The molecule has 5 nitrogen and oxygen atoms in total. The maximum absolute atomic E-state index is 12.3. The minimum atomic E-state index is -0.819. The van der Waals surface area contributed by atoms with E-state index in [4.69, 9.17) is 0 Å². The van der Waals surface area contributed by atoms with Crippen LogP contribution in [-0.2, 0) is 9.59 Å². The molecular formula is C16H28N2O3. The zero-order chi connectivity index (χ0) is 15.2. The zero-order valence-corrected chi connectivity index (χ0v) is 13.0. The molecule has 3 atom stereocenters. The van der Waals surface area contributed by atoms with Crippen molar-refractivity contribution in [2.75, 3.05) is 26.2 Å². The number of carboxylic acids is 1. The average Bonchev–Trinajstić information content (AvgIpc) is 2.97. The van der Waals surface area contributed by atoms with Gasteiger partial charge in [-0.15, -0.1) is 0 Å². The van der Waals surface area contributed by atoms with Gasteiger partial charge in [-0.25, -0.2) is 0 Å². The summed E-state index contributed by atoms with van der Waals surface area (Å²) < 4.78 is 0. The molecule has 2 rings (SSSR count). The van der Waals surface area contributed by atoms with Crippen LogP contribution in [0.3, 0.4) is 0 Å². The van der Waals surface area contributed by atoms with Crippen molar-refractivity contribution in [3.8, 4) is 0 Å². The first kappa shape index (κ1) is 16.3. The average molecular weight is 296 g/mol. The molecule has 2 aliphatic rings. The van der Waals surface area contributed by atoms with Gasteiger partial charge < -0.3 is 15.3 Å². The van der Waals surface area contributed by atoms with E-state index in [1.807, 2.05) is 0 Å². The standard InChI is InChI=1S/C16H28N2O3/c1-12(11-18-8-4-5-9-18)10-17-15(19)13-6-2-3-7-14(13)16(20)21/h12-14H,2-11H2,1H3,(H,17,19)(H,20,21)/t12?,13-,14+/m1/s1. The molecule has 1 aliphatic carbocycles. The summed E-state index contributed by atoms with van der Waals surface area (Å²) in [5.74, 6) is -1.29. The van der Waals surface area contributed by atoms with Crippen LogP contribution < -0.4 is 5.32 Å². The third kappa shape index (κ3) is 4.70. The van der Waals surface area contributed by atoms with Crippen molar-refractivity contribution in [2.24, 2.45) is 17.8 Å². The number of nitrogens with one attached hydrogen (secondary N) is 1. The van der Waals surface area contributed by atoms with Gasteiger partial charge in [0.15, 0.2) is 0 Å². The first-order chi connectivity index (χ1) is 10.1. The minimum Gasteiger partial charge on any atom is -0.481 e. The lowest BCUT2D eigenvalue weighted by molar-refractivity contribution is -0.148. The molecule has 21 heavy (non-hydrogen) atoms. The summed E-state index contributed by atoms with van der Waals surface area (Å²) in [5, 5.41) is 12.2. The molecule has 5 heteroatoms. The molecule has 0 radical (unpaired) electrons. The normalized spacial score (nSPS) is 28.2. The second-order valence-electron chi connectivity index (χ2n) is 6.69. The van der Waals surface area contributed by atoms with Gasteiger partial charge in [-0.1, -0.05) is 19.8 Å². The third-order valence-corrected chi connectivity index (χ3v) is 4.81. The van der Waals surface area contributed by atoms with E-state index in [1.54, 1.807) is 0 Å². The molecule has 0 aromatic heterocycles. The summed E-state index contributed by atoms with van der Waals surface area (Å²) in [5.41, 5.74) is 0. The lowest BCUT2D eigenvalue weighted by atomic mass is 9.78. The first-order valence-electron chi connectivity index (χ1n) is 8.31. The Kier molecular flexibility index (Phi) is 6.03. The van der Waals surface area contributed by atoms with Crippen molar-refractivity contribution in [3.63, 3.8) is 0 Å². The van der Waals surface area contributed by atoms with Gasteiger partial charge in [0.2, 0.25) is 5.91 Å². The smallest absolute Gasteiger partial charge is 0.307 e. The van der Waals surface area contributed by atoms with E-state index in [0.717, 1.165) is 19.4 Å². The van der Waals surface area contributed by atoms with Gasteiger partial charge in [0.1, 0.15) is 0 Å². The minimum absolute atomic E-state index is 0.0598. The van der Waals surface area contributed by atoms with Crippen LogP contribution in [-0.4, -0.2) is 48.1 Å². The first-order valence-corrected chi connectivity index (χ1v) is 8.31. The summed E-state index contributed by atoms with van der Waals surface area (Å²) >= 11 is 0. The number of carboxylic acid groups (broad SMARTS) is 1. The summed E-state index contributed by atoms with van der Waals surface area (Å²) in [6.07, 6.45) is 5.79. The van der Waals surface area contributed by atoms with Gasteiger partial charge in [-0.05, 0) is 44.7 Å². The Labute approximate surface area is 127 Å². The maximum Gasteiger partial charge on any atom is 0.307 e. The second-order valence-corrected chi connectivity index (χ2v) is 6.69. The number of rotatable bonds is 6. The van der Waals surface area contributed by atoms with Crippen LogP contribution in [0.15, 0.2) is 0 Å². The van der Waals surface area contributed by atoms with E-state index in [2.05, 4.69) is 17.1 Å². The SMILES string of the molecule is CC(CNC(=O)[C@@H]1CCCC[C@@H]1C(=O)O)CN1CCCC1. The van der Waals surface area contributed by atoms with Gasteiger partial charge in [0.25, 0.3) is 0 Å². The monoisotopic (exact) mass is 296 g/mol. The van der Waals surface area contributed by atoms with Crippen molar-refractivity contribution in [2.45, 2.75) is 45.4 Å². The third-order valence-electron chi connectivity index (χ3n) is 4.81. The van der Waals surface area contributed by atoms with Gasteiger partial charge in [-0.3, -0.25) is 9.59 Å². The Hall–Kier alpha value is -1.10. The fraction of sp³-hybridized carbons (Fsp3) is 0.875. The predicted molar refractivity (Wildman–Crippen MR) is 80.9 cm³/mol. The van der Waals surface area contributed by atoms with Crippen LogP contribution in [0.5, 0.6) is 0 Å². The number of nitrogens with zero attached hydrogens (tertiary/aromatic N) is 1. The molecule has 1 amide bonds. The van der Waals surface area contributed by atoms with Crippen molar-refractivity contribution in [1.82, 2.24) is 10.2 Å². The van der Waals surface area contributed by atoms with Crippen molar-refractivity contribution >= 4 is 11.9 Å². The molecule has 1 saturated heterocycles. The highest BCUT2D eigenvalue weighted by atomic mass is 16.4. The maximum atomic E-state index is 12.3. The number of carbonyl (C=O) groups excluding carboxylic acids is 1. The van der Waals surface area contributed by atoms with Crippen molar-refractivity contribution < 1.29 is 14.7 Å². The number of hydrogen-bond acceptors (Lipinski definition) is 3. The Morgan fingerprint density at radius 1 is 1.14 bits per heavy atom. The van der Waals surface area contributed by atoms with Crippen LogP contribution in [0.2, 0.25) is 0 Å². The topological polar surface area (TPSA) is 69.6 Å². The molecule has 2 N–H and O–H groups in total. The summed E-state index contributed by atoms with van der Waals surface area (Å²) in [7, 11) is 0. The van der Waals surface area contributed by atoms with E-state index in [-0.39, 0.29) is 11.8 Å². The van der Waals surface area contributed by atoms with Crippen LogP contribution in [0, 0.1) is 17.8 Å². The number of hydrogen-bond donors (Lipinski definition) is 2. The number of carbonyl (C=O) groups is 2. The highest BCUT2D eigenvalue weighted by Gasteiger charge is 2.35. The van der Waals surface area contributed by atoms with Crippen molar-refractivity contribution in [1.29, 1.82) is 0 Å². The second kappa shape index (κ2) is 7.78. The summed E-state index contributed by atoms with van der Waals surface area (Å²) in [4.78, 5) is 26.0. The summed E-state index contributed by atoms with van der Waals surface area (Å²) in [6, 6.07) is 0. The van der Waals surface area contributed by atoms with Crippen LogP contribution in [0.4, 0.5) is 0 Å². The molecule has 1 saturated carbocycles. The van der Waals surface area contributed by atoms with E-state index < -0.39 is 11.9 Å². The van der Waals surface area contributed by atoms with Crippen LogP contribution in [0.1, 0.15) is 45.4 Å². The number of likely N-dealkylation sites (tertiary alicyclic amines) is 1. The molecule has 1 aliphatic heterocycles. The highest BCUT2D eigenvalue weighted by Crippen LogP contribution is 2.30. The molecular weight excluding hydrogens is 268 g/mol. The Bertz CT molecular complexity index is 367. The van der Waals surface area contributed by atoms with Gasteiger partial charge in [-0.2, -0.15) is 0 Å². The quantitative estimate of drug-likeness (QED) is 0.783. The molecule has 0 aromatic carbocycles. The van der Waals surface area contributed by atoms with Gasteiger partial charge in [0.05, 0.1) is 11.8 Å². The molecule has 120 valence electrons. The Morgan fingerprint density at radius 3 is 2.38 bits per heavy atom. The Balaban J connectivity index is 1.75. The summed E-state index contributed by atoms with van der Waals surface area (Å²) in [6.45, 7) is 6.16. The van der Waals surface area contributed by atoms with E-state index in [0.29, 0.717) is 25.3 Å². The van der Waals surface area contributed by atoms with E-state index >= 15 is 0 Å². The highest BCUT2D eigenvalue weighted by molar-refractivity contribution is 5.84. The Morgan fingerprint density at radius 2 is 1.76 bits per heavy atom. The molecule has 1 unspecified atom stereocenters. The van der Waals surface area contributed by atoms with Gasteiger partial charge in [0, 0.05) is 13.1 Å². The lowest BCUT2D eigenvalue weighted by Gasteiger charge is -2.28. The van der Waals surface area contributed by atoms with E-state index in [9.17, 15) is 14.7 Å². The zero-order valence-electron chi connectivity index (χ0n) is 13.0. The fourth-order valence-electron chi connectivity index (χ4n) is 3.62. The van der Waals surface area contributed by atoms with Gasteiger partial charge >= 0.3 is 5.97 Å². The predicted octanol–water partition coefficient (Wildman–Crippen LogP) is 1.73. The molecule has 0 bridgehead atoms. The van der Waals surface area contributed by atoms with Crippen LogP contribution in [0.25, 0.3) is 0 Å². The van der Waals surface area contributed by atoms with Crippen molar-refractivity contribution in [3.05, 3.63) is 0 Å². The molecule has 0 spiro atoms. The lowest BCUT2D eigenvalue weighted by Crippen LogP contribution is -2.42.